The maximum atomic E-state index is 12.6. The summed E-state index contributed by atoms with van der Waals surface area (Å²) in [7, 11) is 0. The fourth-order valence-corrected chi connectivity index (χ4v) is 2.48. The van der Waals surface area contributed by atoms with Crippen molar-refractivity contribution >= 4 is 49.8 Å². The Balaban J connectivity index is 2.29. The van der Waals surface area contributed by atoms with Crippen LogP contribution in [0.15, 0.2) is 55.7 Å². The third-order valence-corrected chi connectivity index (χ3v) is 3.91. The van der Waals surface area contributed by atoms with Gasteiger partial charge < -0.3 is 15.1 Å². The molecule has 2 aromatic rings. The van der Waals surface area contributed by atoms with E-state index in [1.165, 1.54) is 6.07 Å². The normalized spacial score (nSPS) is 12.0. The van der Waals surface area contributed by atoms with Gasteiger partial charge in [0.15, 0.2) is 10.4 Å². The number of amides is 2. The molecule has 1 heterocycles. The summed E-state index contributed by atoms with van der Waals surface area (Å²) < 4.78 is 6.60. The van der Waals surface area contributed by atoms with Gasteiger partial charge in [-0.1, -0.05) is 28.1 Å². The highest BCUT2D eigenvalue weighted by Crippen LogP contribution is 2.16. The molecule has 0 saturated carbocycles. The zero-order chi connectivity index (χ0) is 18.6. The summed E-state index contributed by atoms with van der Waals surface area (Å²) >= 11 is 6.52. The SMILES string of the molecule is CC(C)(C)NC(=O)/C(=C\c1ccc(Br)cc1)NC(=O)c1ccc(Br)o1. The van der Waals surface area contributed by atoms with Crippen LogP contribution in [0.5, 0.6) is 0 Å². The van der Waals surface area contributed by atoms with E-state index in [9.17, 15) is 9.59 Å². The van der Waals surface area contributed by atoms with Crippen molar-refractivity contribution < 1.29 is 14.0 Å². The minimum absolute atomic E-state index is 0.108. The molecule has 0 atom stereocenters. The van der Waals surface area contributed by atoms with E-state index in [2.05, 4.69) is 42.5 Å². The molecule has 0 fully saturated rings. The van der Waals surface area contributed by atoms with Gasteiger partial charge >= 0.3 is 0 Å². The average Bonchev–Trinajstić information content (AvgIpc) is 2.93. The lowest BCUT2D eigenvalue weighted by molar-refractivity contribution is -0.119. The van der Waals surface area contributed by atoms with Crippen LogP contribution in [0.3, 0.4) is 0 Å². The van der Waals surface area contributed by atoms with Crippen LogP contribution in [0.4, 0.5) is 0 Å². The van der Waals surface area contributed by atoms with Gasteiger partial charge in [-0.25, -0.2) is 0 Å². The molecule has 0 radical (unpaired) electrons. The molecule has 2 amide bonds. The molecule has 0 aliphatic heterocycles. The molecule has 7 heteroatoms. The lowest BCUT2D eigenvalue weighted by Gasteiger charge is -2.21. The van der Waals surface area contributed by atoms with E-state index in [1.807, 2.05) is 45.0 Å². The van der Waals surface area contributed by atoms with E-state index in [0.717, 1.165) is 10.0 Å². The van der Waals surface area contributed by atoms with Crippen molar-refractivity contribution in [1.29, 1.82) is 0 Å². The number of nitrogens with one attached hydrogen (secondary N) is 2. The van der Waals surface area contributed by atoms with Crippen LogP contribution in [-0.4, -0.2) is 17.4 Å². The molecular weight excluding hydrogens is 452 g/mol. The lowest BCUT2D eigenvalue weighted by Crippen LogP contribution is -2.44. The Bertz CT molecular complexity index is 802. The van der Waals surface area contributed by atoms with Gasteiger partial charge in [-0.2, -0.15) is 0 Å². The monoisotopic (exact) mass is 468 g/mol. The molecule has 0 bridgehead atoms. The molecule has 25 heavy (non-hydrogen) atoms. The molecule has 0 spiro atoms. The van der Waals surface area contributed by atoms with Crippen molar-refractivity contribution in [2.75, 3.05) is 0 Å². The second-order valence-electron chi connectivity index (χ2n) is 6.37. The Morgan fingerprint density at radius 1 is 1.04 bits per heavy atom. The maximum absolute atomic E-state index is 12.6. The molecular formula is C18H18Br2N2O3. The minimum atomic E-state index is -0.502. The summed E-state index contributed by atoms with van der Waals surface area (Å²) in [5, 5.41) is 5.46. The summed E-state index contributed by atoms with van der Waals surface area (Å²) in [6.07, 6.45) is 1.61. The highest BCUT2D eigenvalue weighted by molar-refractivity contribution is 9.10. The summed E-state index contributed by atoms with van der Waals surface area (Å²) in [5.74, 6) is -0.773. The van der Waals surface area contributed by atoms with Gasteiger partial charge in [0, 0.05) is 10.0 Å². The predicted molar refractivity (Wildman–Crippen MR) is 104 cm³/mol. The smallest absolute Gasteiger partial charge is 0.291 e. The van der Waals surface area contributed by atoms with E-state index in [0.29, 0.717) is 4.67 Å². The number of benzene rings is 1. The Hall–Kier alpha value is -1.86. The maximum Gasteiger partial charge on any atom is 0.291 e. The van der Waals surface area contributed by atoms with Crippen LogP contribution in [0, 0.1) is 0 Å². The quantitative estimate of drug-likeness (QED) is 0.648. The van der Waals surface area contributed by atoms with E-state index >= 15 is 0 Å². The Labute approximate surface area is 163 Å². The number of rotatable bonds is 4. The number of furan rings is 1. The number of carbonyl (C=O) groups is 2. The van der Waals surface area contributed by atoms with Crippen LogP contribution < -0.4 is 10.6 Å². The molecule has 2 N–H and O–H groups in total. The highest BCUT2D eigenvalue weighted by Gasteiger charge is 2.21. The number of hydrogen-bond donors (Lipinski definition) is 2. The third kappa shape index (κ3) is 6.17. The summed E-state index contributed by atoms with van der Waals surface area (Å²) in [6.45, 7) is 5.61. The predicted octanol–water partition coefficient (Wildman–Crippen LogP) is 4.49. The van der Waals surface area contributed by atoms with Crippen LogP contribution in [-0.2, 0) is 4.79 Å². The average molecular weight is 470 g/mol. The summed E-state index contributed by atoms with van der Waals surface area (Å²) in [6, 6.07) is 10.5. The second-order valence-corrected chi connectivity index (χ2v) is 8.07. The molecule has 5 nitrogen and oxygen atoms in total. The fraction of sp³-hybridized carbons (Fsp3) is 0.222. The molecule has 0 aliphatic rings. The van der Waals surface area contributed by atoms with Gasteiger partial charge in [0.05, 0.1) is 0 Å². The topological polar surface area (TPSA) is 71.3 Å². The molecule has 1 aromatic carbocycles. The van der Waals surface area contributed by atoms with Crippen LogP contribution in [0.2, 0.25) is 0 Å². The molecule has 2 rings (SSSR count). The van der Waals surface area contributed by atoms with Crippen molar-refractivity contribution in [3.8, 4) is 0 Å². The van der Waals surface area contributed by atoms with Crippen molar-refractivity contribution in [2.24, 2.45) is 0 Å². The van der Waals surface area contributed by atoms with Gasteiger partial charge in [0.25, 0.3) is 11.8 Å². The fourth-order valence-electron chi connectivity index (χ4n) is 1.91. The van der Waals surface area contributed by atoms with Gasteiger partial charge in [0.2, 0.25) is 0 Å². The molecule has 0 unspecified atom stereocenters. The zero-order valence-corrected chi connectivity index (χ0v) is 17.2. The Morgan fingerprint density at radius 3 is 2.20 bits per heavy atom. The largest absolute Gasteiger partial charge is 0.444 e. The van der Waals surface area contributed by atoms with Crippen molar-refractivity contribution in [3.63, 3.8) is 0 Å². The van der Waals surface area contributed by atoms with Gasteiger partial charge in [-0.15, -0.1) is 0 Å². The van der Waals surface area contributed by atoms with E-state index < -0.39 is 11.4 Å². The summed E-state index contributed by atoms with van der Waals surface area (Å²) in [4.78, 5) is 24.9. The van der Waals surface area contributed by atoms with Gasteiger partial charge in [-0.05, 0) is 72.6 Å². The first-order valence-electron chi connectivity index (χ1n) is 7.50. The highest BCUT2D eigenvalue weighted by atomic mass is 79.9. The molecule has 0 aliphatic carbocycles. The van der Waals surface area contributed by atoms with E-state index in [4.69, 9.17) is 4.42 Å². The van der Waals surface area contributed by atoms with Gasteiger partial charge in [0.1, 0.15) is 5.70 Å². The van der Waals surface area contributed by atoms with Gasteiger partial charge in [-0.3, -0.25) is 9.59 Å². The first kappa shape index (κ1) is 19.5. The van der Waals surface area contributed by atoms with Crippen molar-refractivity contribution in [1.82, 2.24) is 10.6 Å². The molecule has 132 valence electrons. The molecule has 1 aromatic heterocycles. The first-order chi connectivity index (χ1) is 11.6. The third-order valence-electron chi connectivity index (χ3n) is 2.96. The number of hydrogen-bond acceptors (Lipinski definition) is 3. The van der Waals surface area contributed by atoms with Crippen molar-refractivity contribution in [2.45, 2.75) is 26.3 Å². The van der Waals surface area contributed by atoms with E-state index in [-0.39, 0.29) is 17.4 Å². The Kier molecular flexibility index (Phi) is 6.24. The van der Waals surface area contributed by atoms with Crippen LogP contribution in [0.1, 0.15) is 36.9 Å². The van der Waals surface area contributed by atoms with E-state index in [1.54, 1.807) is 12.1 Å². The second kappa shape index (κ2) is 8.01. The zero-order valence-electron chi connectivity index (χ0n) is 14.0. The van der Waals surface area contributed by atoms with Crippen LogP contribution in [0.25, 0.3) is 6.08 Å². The number of halogens is 2. The summed E-state index contributed by atoms with van der Waals surface area (Å²) in [5.41, 5.74) is 0.479. The first-order valence-corrected chi connectivity index (χ1v) is 9.09. The van der Waals surface area contributed by atoms with Crippen LogP contribution >= 0.6 is 31.9 Å². The van der Waals surface area contributed by atoms with Crippen molar-refractivity contribution in [3.05, 3.63) is 62.6 Å². The minimum Gasteiger partial charge on any atom is -0.444 e. The lowest BCUT2D eigenvalue weighted by atomic mass is 10.1. The standard InChI is InChI=1S/C18H18Br2N2O3/c1-18(2,3)22-16(23)13(10-11-4-6-12(19)7-5-11)21-17(24)14-8-9-15(20)25-14/h4-10H,1-3H3,(H,21,24)(H,22,23)/b13-10+. The molecule has 0 saturated heterocycles. The number of carbonyl (C=O) groups excluding carboxylic acids is 2. The Morgan fingerprint density at radius 2 is 1.68 bits per heavy atom.